The summed E-state index contributed by atoms with van der Waals surface area (Å²) in [6, 6.07) is 1.24. The van der Waals surface area contributed by atoms with Gasteiger partial charge in [0.05, 0.1) is 12.1 Å². The van der Waals surface area contributed by atoms with Gasteiger partial charge in [-0.25, -0.2) is 9.18 Å². The number of benzene rings is 1. The quantitative estimate of drug-likeness (QED) is 0.476. The van der Waals surface area contributed by atoms with Gasteiger partial charge in [0.15, 0.2) is 11.6 Å². The van der Waals surface area contributed by atoms with Gasteiger partial charge in [-0.3, -0.25) is 0 Å². The van der Waals surface area contributed by atoms with Crippen molar-refractivity contribution in [1.82, 2.24) is 0 Å². The lowest BCUT2D eigenvalue weighted by Gasteiger charge is -2.15. The maximum atomic E-state index is 13.6. The number of ether oxygens (including phenoxy) is 1. The molecule has 0 saturated heterocycles. The summed E-state index contributed by atoms with van der Waals surface area (Å²) in [4.78, 5) is 14.0. The lowest BCUT2D eigenvalue weighted by molar-refractivity contribution is 0.362. The van der Waals surface area contributed by atoms with Crippen LogP contribution in [0.1, 0.15) is 18.4 Å². The molecule has 0 aliphatic heterocycles. The molecular weight excluding hydrogens is 252 g/mol. The minimum Gasteiger partial charge on any atom is -0.493 e. The van der Waals surface area contributed by atoms with E-state index in [9.17, 15) is 13.6 Å². The Balaban J connectivity index is 2.66. The van der Waals surface area contributed by atoms with Gasteiger partial charge < -0.3 is 4.74 Å². The fourth-order valence-electron chi connectivity index (χ4n) is 1.77. The maximum Gasteiger partial charge on any atom is 0.235 e. The molecule has 1 aliphatic carbocycles. The molecule has 1 aromatic carbocycles. The highest BCUT2D eigenvalue weighted by Crippen LogP contribution is 2.53. The molecule has 1 saturated carbocycles. The molecule has 0 aromatic heterocycles. The molecule has 0 amide bonds. The Hall–Kier alpha value is -1.45. The fraction of sp³-hybridized carbons (Fsp3) is 0.364. The number of aliphatic imine (C=N–C) groups is 1. The molecule has 0 bridgehead atoms. The number of halogens is 3. The molecule has 0 spiro atoms. The topological polar surface area (TPSA) is 38.7 Å². The molecule has 17 heavy (non-hydrogen) atoms. The van der Waals surface area contributed by atoms with Gasteiger partial charge in [-0.1, -0.05) is 11.6 Å². The van der Waals surface area contributed by atoms with Crippen molar-refractivity contribution in [1.29, 1.82) is 0 Å². The van der Waals surface area contributed by atoms with Crippen LogP contribution in [0.5, 0.6) is 5.75 Å². The third-order valence-electron chi connectivity index (χ3n) is 2.81. The van der Waals surface area contributed by atoms with Crippen LogP contribution in [-0.2, 0) is 10.3 Å². The van der Waals surface area contributed by atoms with Crippen molar-refractivity contribution in [3.05, 3.63) is 28.3 Å². The SMILES string of the molecule is COc1c(C2(N=C=O)CC2)cc(Cl)c(F)c1F. The van der Waals surface area contributed by atoms with Crippen molar-refractivity contribution in [2.24, 2.45) is 4.99 Å². The van der Waals surface area contributed by atoms with Gasteiger partial charge in [-0.15, -0.1) is 0 Å². The first-order chi connectivity index (χ1) is 8.05. The van der Waals surface area contributed by atoms with Crippen LogP contribution in [-0.4, -0.2) is 13.2 Å². The molecule has 0 unspecified atom stereocenters. The summed E-state index contributed by atoms with van der Waals surface area (Å²) in [5.41, 5.74) is -0.571. The largest absolute Gasteiger partial charge is 0.493 e. The van der Waals surface area contributed by atoms with Crippen LogP contribution < -0.4 is 4.74 Å². The second kappa shape index (κ2) is 4.09. The van der Waals surface area contributed by atoms with Crippen molar-refractivity contribution in [2.75, 3.05) is 7.11 Å². The first kappa shape index (κ1) is 12.0. The minimum absolute atomic E-state index is 0.261. The third kappa shape index (κ3) is 1.81. The van der Waals surface area contributed by atoms with Crippen molar-refractivity contribution >= 4 is 17.7 Å². The van der Waals surface area contributed by atoms with Crippen LogP contribution in [0.3, 0.4) is 0 Å². The van der Waals surface area contributed by atoms with E-state index in [0.29, 0.717) is 12.8 Å². The lowest BCUT2D eigenvalue weighted by Crippen LogP contribution is -2.08. The van der Waals surface area contributed by atoms with Gasteiger partial charge in [0, 0.05) is 5.56 Å². The van der Waals surface area contributed by atoms with Gasteiger partial charge in [0.1, 0.15) is 5.54 Å². The normalized spacial score (nSPS) is 16.2. The molecule has 0 radical (unpaired) electrons. The van der Waals surface area contributed by atoms with E-state index in [1.54, 1.807) is 0 Å². The summed E-state index contributed by atoms with van der Waals surface area (Å²) in [5.74, 6) is -2.59. The van der Waals surface area contributed by atoms with E-state index in [2.05, 4.69) is 4.99 Å². The Morgan fingerprint density at radius 3 is 2.59 bits per heavy atom. The average molecular weight is 260 g/mol. The Kier molecular flexibility index (Phi) is 2.89. The van der Waals surface area contributed by atoms with E-state index < -0.39 is 17.2 Å². The monoisotopic (exact) mass is 259 g/mol. The summed E-state index contributed by atoms with van der Waals surface area (Å²) in [5, 5.41) is -0.356. The van der Waals surface area contributed by atoms with Crippen molar-refractivity contribution < 1.29 is 18.3 Å². The number of isocyanates is 1. The number of carbonyl (C=O) groups excluding carboxylic acids is 1. The van der Waals surface area contributed by atoms with Crippen LogP contribution in [0, 0.1) is 11.6 Å². The van der Waals surface area contributed by atoms with Crippen LogP contribution in [0.4, 0.5) is 8.78 Å². The molecule has 1 aromatic rings. The van der Waals surface area contributed by atoms with E-state index in [-0.39, 0.29) is 16.3 Å². The van der Waals surface area contributed by atoms with Gasteiger partial charge in [0.2, 0.25) is 11.9 Å². The van der Waals surface area contributed by atoms with Crippen molar-refractivity contribution in [3.8, 4) is 5.75 Å². The smallest absolute Gasteiger partial charge is 0.235 e. The summed E-state index contributed by atoms with van der Waals surface area (Å²) < 4.78 is 31.7. The van der Waals surface area contributed by atoms with Gasteiger partial charge >= 0.3 is 0 Å². The predicted molar refractivity (Wildman–Crippen MR) is 57.0 cm³/mol. The average Bonchev–Trinajstić information content (AvgIpc) is 3.07. The first-order valence-corrected chi connectivity index (χ1v) is 5.24. The van der Waals surface area contributed by atoms with Gasteiger partial charge in [-0.2, -0.15) is 9.38 Å². The second-order valence-corrected chi connectivity index (χ2v) is 4.21. The van der Waals surface area contributed by atoms with E-state index >= 15 is 0 Å². The zero-order valence-corrected chi connectivity index (χ0v) is 9.65. The highest BCUT2D eigenvalue weighted by Gasteiger charge is 2.48. The number of hydrogen-bond acceptors (Lipinski definition) is 3. The predicted octanol–water partition coefficient (Wildman–Crippen LogP) is 2.95. The van der Waals surface area contributed by atoms with Crippen LogP contribution in [0.2, 0.25) is 5.02 Å². The molecule has 6 heteroatoms. The second-order valence-electron chi connectivity index (χ2n) is 3.80. The fourth-order valence-corrected chi connectivity index (χ4v) is 1.96. The summed E-state index contributed by atoms with van der Waals surface area (Å²) in [6.07, 6.45) is 2.55. The van der Waals surface area contributed by atoms with Crippen LogP contribution in [0.25, 0.3) is 0 Å². The van der Waals surface area contributed by atoms with E-state index in [0.717, 1.165) is 0 Å². The molecule has 2 rings (SSSR count). The molecule has 1 aliphatic rings. The molecule has 3 nitrogen and oxygen atoms in total. The highest BCUT2D eigenvalue weighted by atomic mass is 35.5. The highest BCUT2D eigenvalue weighted by molar-refractivity contribution is 6.30. The summed E-state index contributed by atoms with van der Waals surface area (Å²) in [7, 11) is 1.22. The first-order valence-electron chi connectivity index (χ1n) is 4.87. The number of methoxy groups -OCH3 is 1. The molecule has 0 N–H and O–H groups in total. The molecule has 0 heterocycles. The molecule has 1 fully saturated rings. The van der Waals surface area contributed by atoms with Gasteiger partial charge in [0.25, 0.3) is 0 Å². The lowest BCUT2D eigenvalue weighted by atomic mass is 10.0. The van der Waals surface area contributed by atoms with Crippen LogP contribution in [0.15, 0.2) is 11.1 Å². The Morgan fingerprint density at radius 1 is 1.47 bits per heavy atom. The minimum atomic E-state index is -1.17. The molecular formula is C11H8ClF2NO2. The van der Waals surface area contributed by atoms with E-state index in [1.165, 1.54) is 19.3 Å². The molecule has 0 atom stereocenters. The molecule has 90 valence electrons. The third-order valence-corrected chi connectivity index (χ3v) is 3.08. The number of nitrogens with zero attached hydrogens (tertiary/aromatic N) is 1. The van der Waals surface area contributed by atoms with E-state index in [1.807, 2.05) is 0 Å². The number of hydrogen-bond donors (Lipinski definition) is 0. The van der Waals surface area contributed by atoms with E-state index in [4.69, 9.17) is 16.3 Å². The Bertz CT molecular complexity index is 523. The summed E-state index contributed by atoms with van der Waals surface area (Å²) >= 11 is 5.57. The Labute approximate surface area is 101 Å². The van der Waals surface area contributed by atoms with Crippen molar-refractivity contribution in [2.45, 2.75) is 18.4 Å². The zero-order valence-electron chi connectivity index (χ0n) is 8.89. The Morgan fingerprint density at radius 2 is 2.12 bits per heavy atom. The zero-order chi connectivity index (χ0) is 12.6. The maximum absolute atomic E-state index is 13.6. The standard InChI is InChI=1S/C11H8ClF2NO2/c1-17-10-6(11(2-3-11)15-5-16)4-7(12)8(13)9(10)14/h4H,2-3H2,1H3. The van der Waals surface area contributed by atoms with Crippen molar-refractivity contribution in [3.63, 3.8) is 0 Å². The number of rotatable bonds is 3. The van der Waals surface area contributed by atoms with Crippen LogP contribution >= 0.6 is 11.6 Å². The summed E-state index contributed by atoms with van der Waals surface area (Å²) in [6.45, 7) is 0. The van der Waals surface area contributed by atoms with Gasteiger partial charge in [-0.05, 0) is 18.9 Å².